The number of esters is 1. The summed E-state index contributed by atoms with van der Waals surface area (Å²) in [5.41, 5.74) is 7.64. The van der Waals surface area contributed by atoms with Crippen LogP contribution in [0.15, 0.2) is 54.7 Å². The normalized spacial score (nSPS) is 12.0. The number of fused-ring (bicyclic) bond motifs is 1. The average Bonchev–Trinajstić information content (AvgIpc) is 2.91. The molecule has 1 amide bonds. The molecule has 0 saturated heterocycles. The van der Waals surface area contributed by atoms with Crippen LogP contribution in [0.2, 0.25) is 0 Å². The Labute approximate surface area is 138 Å². The van der Waals surface area contributed by atoms with E-state index >= 15 is 0 Å². The van der Waals surface area contributed by atoms with Gasteiger partial charge < -0.3 is 15.7 Å². The van der Waals surface area contributed by atoms with Crippen molar-refractivity contribution in [3.05, 3.63) is 71.4 Å². The Morgan fingerprint density at radius 3 is 2.62 bits per heavy atom. The Balaban J connectivity index is 2.17. The molecule has 3 N–H and O–H groups in total. The lowest BCUT2D eigenvalue weighted by Crippen LogP contribution is -2.22. The summed E-state index contributed by atoms with van der Waals surface area (Å²) in [7, 11) is 1.29. The molecule has 0 aliphatic rings. The van der Waals surface area contributed by atoms with E-state index in [1.54, 1.807) is 42.5 Å². The van der Waals surface area contributed by atoms with Gasteiger partial charge in [0.2, 0.25) is 5.91 Å². The highest BCUT2D eigenvalue weighted by Gasteiger charge is 2.25. The van der Waals surface area contributed by atoms with Crippen molar-refractivity contribution in [1.29, 1.82) is 0 Å². The lowest BCUT2D eigenvalue weighted by Gasteiger charge is -2.14. The SMILES string of the molecule is COC(=O)c1cccc(C(C(N)=O)c2cn(O)c3ccccc23)c1. The van der Waals surface area contributed by atoms with Crippen molar-refractivity contribution >= 4 is 22.8 Å². The fraction of sp³-hybridized carbons (Fsp3) is 0.111. The predicted molar refractivity (Wildman–Crippen MR) is 87.9 cm³/mol. The minimum atomic E-state index is -0.798. The summed E-state index contributed by atoms with van der Waals surface area (Å²) in [6, 6.07) is 13.7. The van der Waals surface area contributed by atoms with Crippen LogP contribution in [0.1, 0.15) is 27.4 Å². The van der Waals surface area contributed by atoms with Gasteiger partial charge in [0.25, 0.3) is 0 Å². The molecule has 0 fully saturated rings. The Hall–Kier alpha value is -3.28. The summed E-state index contributed by atoms with van der Waals surface area (Å²) in [5, 5.41) is 10.8. The molecular weight excluding hydrogens is 308 g/mol. The Morgan fingerprint density at radius 2 is 1.92 bits per heavy atom. The third kappa shape index (κ3) is 2.58. The van der Waals surface area contributed by atoms with E-state index in [1.165, 1.54) is 13.3 Å². The van der Waals surface area contributed by atoms with E-state index in [2.05, 4.69) is 0 Å². The molecule has 6 nitrogen and oxygen atoms in total. The summed E-state index contributed by atoms with van der Waals surface area (Å²) >= 11 is 0. The van der Waals surface area contributed by atoms with Gasteiger partial charge in [-0.3, -0.25) is 4.79 Å². The minimum absolute atomic E-state index is 0.328. The number of rotatable bonds is 4. The average molecular weight is 324 g/mol. The van der Waals surface area contributed by atoms with Gasteiger partial charge in [0.15, 0.2) is 0 Å². The lowest BCUT2D eigenvalue weighted by atomic mass is 9.89. The third-order valence-electron chi connectivity index (χ3n) is 3.96. The number of para-hydroxylation sites is 1. The maximum absolute atomic E-state index is 12.1. The smallest absolute Gasteiger partial charge is 0.337 e. The Kier molecular flexibility index (Phi) is 3.95. The lowest BCUT2D eigenvalue weighted by molar-refractivity contribution is -0.118. The molecule has 122 valence electrons. The summed E-state index contributed by atoms with van der Waals surface area (Å²) in [4.78, 5) is 23.8. The fourth-order valence-corrected chi connectivity index (χ4v) is 2.88. The fourth-order valence-electron chi connectivity index (χ4n) is 2.88. The first-order valence-corrected chi connectivity index (χ1v) is 7.29. The van der Waals surface area contributed by atoms with Gasteiger partial charge in [-0.15, -0.1) is 0 Å². The maximum Gasteiger partial charge on any atom is 0.337 e. The van der Waals surface area contributed by atoms with Crippen LogP contribution in [0.25, 0.3) is 10.9 Å². The van der Waals surface area contributed by atoms with Gasteiger partial charge >= 0.3 is 5.97 Å². The predicted octanol–water partition coefficient (Wildman–Crippen LogP) is 2.28. The summed E-state index contributed by atoms with van der Waals surface area (Å²) < 4.78 is 5.68. The van der Waals surface area contributed by atoms with Crippen molar-refractivity contribution in [3.8, 4) is 0 Å². The Bertz CT molecular complexity index is 930. The molecule has 1 unspecified atom stereocenters. The Morgan fingerprint density at radius 1 is 1.17 bits per heavy atom. The molecule has 1 aromatic heterocycles. The minimum Gasteiger partial charge on any atom is -0.465 e. The van der Waals surface area contributed by atoms with Gasteiger partial charge in [-0.2, -0.15) is 4.73 Å². The van der Waals surface area contributed by atoms with Gasteiger partial charge in [0.05, 0.1) is 24.1 Å². The van der Waals surface area contributed by atoms with Crippen LogP contribution in [-0.2, 0) is 9.53 Å². The standard InChI is InChI=1S/C18H16N2O4/c1-24-18(22)12-6-4-5-11(9-12)16(17(19)21)14-10-20(23)15-8-3-2-7-13(14)15/h2-10,16,23H,1H3,(H2,19,21). The summed E-state index contributed by atoms with van der Waals surface area (Å²) in [6.45, 7) is 0. The molecule has 3 aromatic rings. The van der Waals surface area contributed by atoms with Gasteiger partial charge in [-0.1, -0.05) is 30.3 Å². The monoisotopic (exact) mass is 324 g/mol. The van der Waals surface area contributed by atoms with Gasteiger partial charge in [0.1, 0.15) is 0 Å². The molecule has 0 radical (unpaired) electrons. The number of nitrogens with two attached hydrogens (primary N) is 1. The number of hydrogen-bond donors (Lipinski definition) is 2. The number of primary amides is 1. The van der Waals surface area contributed by atoms with E-state index < -0.39 is 17.8 Å². The number of amides is 1. The topological polar surface area (TPSA) is 94.5 Å². The van der Waals surface area contributed by atoms with E-state index in [1.807, 2.05) is 6.07 Å². The first-order valence-electron chi connectivity index (χ1n) is 7.29. The van der Waals surface area contributed by atoms with E-state index in [0.29, 0.717) is 27.6 Å². The van der Waals surface area contributed by atoms with E-state index in [0.717, 1.165) is 4.73 Å². The molecule has 0 spiro atoms. The van der Waals surface area contributed by atoms with Crippen LogP contribution in [0.3, 0.4) is 0 Å². The van der Waals surface area contributed by atoms with Crippen molar-refractivity contribution in [3.63, 3.8) is 0 Å². The molecule has 1 heterocycles. The van der Waals surface area contributed by atoms with E-state index in [-0.39, 0.29) is 0 Å². The van der Waals surface area contributed by atoms with Crippen molar-refractivity contribution in [2.24, 2.45) is 5.73 Å². The molecule has 0 saturated carbocycles. The molecular formula is C18H16N2O4. The number of ether oxygens (including phenoxy) is 1. The molecule has 0 aliphatic heterocycles. The van der Waals surface area contributed by atoms with Gasteiger partial charge in [0, 0.05) is 11.6 Å². The van der Waals surface area contributed by atoms with E-state index in [4.69, 9.17) is 10.5 Å². The maximum atomic E-state index is 12.1. The molecule has 2 aromatic carbocycles. The second kappa shape index (κ2) is 6.08. The van der Waals surface area contributed by atoms with Crippen molar-refractivity contribution in [1.82, 2.24) is 4.73 Å². The molecule has 3 rings (SSSR count). The zero-order valence-corrected chi connectivity index (χ0v) is 13.0. The van der Waals surface area contributed by atoms with Crippen molar-refractivity contribution in [2.75, 3.05) is 7.11 Å². The summed E-state index contributed by atoms with van der Waals surface area (Å²) in [6.07, 6.45) is 1.46. The first kappa shape index (κ1) is 15.6. The largest absolute Gasteiger partial charge is 0.465 e. The van der Waals surface area contributed by atoms with Crippen LogP contribution in [-0.4, -0.2) is 28.9 Å². The number of carbonyl (C=O) groups excluding carboxylic acids is 2. The zero-order chi connectivity index (χ0) is 17.3. The molecule has 24 heavy (non-hydrogen) atoms. The molecule has 1 atom stereocenters. The number of methoxy groups -OCH3 is 1. The van der Waals surface area contributed by atoms with Crippen LogP contribution in [0, 0.1) is 0 Å². The third-order valence-corrected chi connectivity index (χ3v) is 3.96. The van der Waals surface area contributed by atoms with Crippen molar-refractivity contribution < 1.29 is 19.5 Å². The highest BCUT2D eigenvalue weighted by Crippen LogP contribution is 2.32. The van der Waals surface area contributed by atoms with Crippen LogP contribution < -0.4 is 5.73 Å². The summed E-state index contributed by atoms with van der Waals surface area (Å²) in [5.74, 6) is -1.87. The molecule has 0 aliphatic carbocycles. The van der Waals surface area contributed by atoms with Gasteiger partial charge in [-0.25, -0.2) is 4.79 Å². The zero-order valence-electron chi connectivity index (χ0n) is 13.0. The second-order valence-electron chi connectivity index (χ2n) is 5.40. The number of hydrogen-bond acceptors (Lipinski definition) is 4. The van der Waals surface area contributed by atoms with Crippen LogP contribution in [0.5, 0.6) is 0 Å². The number of aromatic nitrogens is 1. The van der Waals surface area contributed by atoms with Crippen LogP contribution in [0.4, 0.5) is 0 Å². The first-order chi connectivity index (χ1) is 11.5. The highest BCUT2D eigenvalue weighted by molar-refractivity contribution is 5.95. The van der Waals surface area contributed by atoms with Crippen molar-refractivity contribution in [2.45, 2.75) is 5.92 Å². The molecule has 6 heteroatoms. The van der Waals surface area contributed by atoms with Crippen LogP contribution >= 0.6 is 0 Å². The quantitative estimate of drug-likeness (QED) is 0.568. The molecule has 0 bridgehead atoms. The number of carbonyl (C=O) groups is 2. The highest BCUT2D eigenvalue weighted by atomic mass is 16.5. The second-order valence-corrected chi connectivity index (χ2v) is 5.40. The van der Waals surface area contributed by atoms with E-state index in [9.17, 15) is 14.8 Å². The van der Waals surface area contributed by atoms with Gasteiger partial charge in [-0.05, 0) is 29.3 Å². The number of nitrogens with zero attached hydrogens (tertiary/aromatic N) is 1. The number of benzene rings is 2.